The van der Waals surface area contributed by atoms with Crippen LogP contribution >= 0.6 is 0 Å². The average molecular weight is 174 g/mol. The SMILES string of the molecule is CC(C)COC(=O)OC(C)(C)C. The number of hydrogen-bond acceptors (Lipinski definition) is 3. The first kappa shape index (κ1) is 11.3. The largest absolute Gasteiger partial charge is 0.508 e. The van der Waals surface area contributed by atoms with Gasteiger partial charge in [-0.05, 0) is 26.7 Å². The normalized spacial score (nSPS) is 11.5. The van der Waals surface area contributed by atoms with Crippen molar-refractivity contribution in [1.29, 1.82) is 0 Å². The maximum atomic E-state index is 10.9. The molecule has 0 radical (unpaired) electrons. The average Bonchev–Trinajstić information content (AvgIpc) is 1.79. The Bertz CT molecular complexity index is 144. The molecule has 12 heavy (non-hydrogen) atoms. The van der Waals surface area contributed by atoms with Crippen LogP contribution in [0.1, 0.15) is 34.6 Å². The van der Waals surface area contributed by atoms with E-state index in [1.165, 1.54) is 0 Å². The summed E-state index contributed by atoms with van der Waals surface area (Å²) in [7, 11) is 0. The summed E-state index contributed by atoms with van der Waals surface area (Å²) >= 11 is 0. The number of carbonyl (C=O) groups is 1. The maximum absolute atomic E-state index is 10.9. The molecule has 0 aromatic heterocycles. The molecule has 0 saturated heterocycles. The minimum absolute atomic E-state index is 0.345. The predicted octanol–water partition coefficient (Wildman–Crippen LogP) is 2.59. The highest BCUT2D eigenvalue weighted by molar-refractivity contribution is 5.60. The molecule has 0 saturated carbocycles. The fraction of sp³-hybridized carbons (Fsp3) is 0.889. The van der Waals surface area contributed by atoms with Crippen LogP contribution in [0.3, 0.4) is 0 Å². The van der Waals surface area contributed by atoms with Gasteiger partial charge in [-0.1, -0.05) is 13.8 Å². The van der Waals surface area contributed by atoms with E-state index in [1.807, 2.05) is 34.6 Å². The number of ether oxygens (including phenoxy) is 2. The molecule has 3 heteroatoms. The topological polar surface area (TPSA) is 35.5 Å². The quantitative estimate of drug-likeness (QED) is 0.603. The first-order valence-electron chi connectivity index (χ1n) is 4.17. The Balaban J connectivity index is 3.61. The second-order valence-corrected chi connectivity index (χ2v) is 4.17. The van der Waals surface area contributed by atoms with E-state index < -0.39 is 11.8 Å². The lowest BCUT2D eigenvalue weighted by molar-refractivity contribution is -0.0114. The third-order valence-corrected chi connectivity index (χ3v) is 0.924. The summed E-state index contributed by atoms with van der Waals surface area (Å²) in [6, 6.07) is 0. The van der Waals surface area contributed by atoms with Gasteiger partial charge in [0.1, 0.15) is 5.60 Å². The minimum atomic E-state index is -0.587. The maximum Gasteiger partial charge on any atom is 0.508 e. The van der Waals surface area contributed by atoms with E-state index in [1.54, 1.807) is 0 Å². The third-order valence-electron chi connectivity index (χ3n) is 0.924. The van der Waals surface area contributed by atoms with E-state index in [2.05, 4.69) is 0 Å². The van der Waals surface area contributed by atoms with Gasteiger partial charge in [0.05, 0.1) is 6.61 Å². The molecule has 0 unspecified atom stereocenters. The van der Waals surface area contributed by atoms with Crippen molar-refractivity contribution in [2.45, 2.75) is 40.2 Å². The molecule has 0 aromatic rings. The standard InChI is InChI=1S/C9H18O3/c1-7(2)6-11-8(10)12-9(3,4)5/h7H,6H2,1-5H3. The number of rotatable bonds is 2. The lowest BCUT2D eigenvalue weighted by Gasteiger charge is -2.19. The lowest BCUT2D eigenvalue weighted by Crippen LogP contribution is -2.25. The van der Waals surface area contributed by atoms with E-state index in [4.69, 9.17) is 9.47 Å². The van der Waals surface area contributed by atoms with Crippen molar-refractivity contribution in [3.63, 3.8) is 0 Å². The molecule has 0 bridgehead atoms. The molecule has 0 rings (SSSR count). The molecule has 0 atom stereocenters. The Labute approximate surface area is 74.0 Å². The van der Waals surface area contributed by atoms with Crippen LogP contribution in [-0.4, -0.2) is 18.4 Å². The Hall–Kier alpha value is -0.730. The van der Waals surface area contributed by atoms with Gasteiger partial charge in [0.15, 0.2) is 0 Å². The summed E-state index contributed by atoms with van der Waals surface area (Å²) in [6.07, 6.45) is -0.587. The summed E-state index contributed by atoms with van der Waals surface area (Å²) in [6.45, 7) is 9.79. The summed E-state index contributed by atoms with van der Waals surface area (Å²) in [5, 5.41) is 0. The van der Waals surface area contributed by atoms with Crippen molar-refractivity contribution in [1.82, 2.24) is 0 Å². The van der Waals surface area contributed by atoms with E-state index in [0.29, 0.717) is 12.5 Å². The molecular weight excluding hydrogens is 156 g/mol. The summed E-state index contributed by atoms with van der Waals surface area (Å²) in [5.74, 6) is 0.345. The van der Waals surface area contributed by atoms with Crippen LogP contribution in [0, 0.1) is 5.92 Å². The Morgan fingerprint density at radius 2 is 1.83 bits per heavy atom. The van der Waals surface area contributed by atoms with Gasteiger partial charge in [-0.25, -0.2) is 4.79 Å². The smallest absolute Gasteiger partial charge is 0.434 e. The summed E-state index contributed by atoms with van der Waals surface area (Å²) < 4.78 is 9.75. The van der Waals surface area contributed by atoms with Crippen LogP contribution < -0.4 is 0 Å². The first-order chi connectivity index (χ1) is 5.31. The molecule has 0 aliphatic carbocycles. The number of hydrogen-bond donors (Lipinski definition) is 0. The second-order valence-electron chi connectivity index (χ2n) is 4.17. The molecule has 0 N–H and O–H groups in total. The van der Waals surface area contributed by atoms with Crippen LogP contribution in [0.5, 0.6) is 0 Å². The van der Waals surface area contributed by atoms with Crippen LogP contribution in [0.25, 0.3) is 0 Å². The Morgan fingerprint density at radius 3 is 2.17 bits per heavy atom. The summed E-state index contributed by atoms with van der Waals surface area (Å²) in [5.41, 5.74) is -0.464. The van der Waals surface area contributed by atoms with Crippen LogP contribution in [0.2, 0.25) is 0 Å². The lowest BCUT2D eigenvalue weighted by atomic mass is 10.2. The third kappa shape index (κ3) is 7.38. The molecule has 0 aliphatic heterocycles. The molecule has 72 valence electrons. The molecule has 0 aliphatic rings. The van der Waals surface area contributed by atoms with Crippen molar-refractivity contribution >= 4 is 6.16 Å². The van der Waals surface area contributed by atoms with Crippen LogP contribution in [-0.2, 0) is 9.47 Å². The highest BCUT2D eigenvalue weighted by Gasteiger charge is 2.17. The van der Waals surface area contributed by atoms with Gasteiger partial charge in [-0.15, -0.1) is 0 Å². The van der Waals surface area contributed by atoms with E-state index in [9.17, 15) is 4.79 Å². The van der Waals surface area contributed by atoms with Crippen molar-refractivity contribution in [3.8, 4) is 0 Å². The monoisotopic (exact) mass is 174 g/mol. The van der Waals surface area contributed by atoms with Crippen molar-refractivity contribution in [2.24, 2.45) is 5.92 Å². The Kier molecular flexibility index (Phi) is 4.07. The minimum Gasteiger partial charge on any atom is -0.434 e. The molecular formula is C9H18O3. The number of carbonyl (C=O) groups excluding carboxylic acids is 1. The van der Waals surface area contributed by atoms with Crippen LogP contribution in [0.4, 0.5) is 4.79 Å². The van der Waals surface area contributed by atoms with Gasteiger partial charge in [0.25, 0.3) is 0 Å². The molecule has 3 nitrogen and oxygen atoms in total. The van der Waals surface area contributed by atoms with E-state index in [0.717, 1.165) is 0 Å². The van der Waals surface area contributed by atoms with Crippen molar-refractivity contribution in [2.75, 3.05) is 6.61 Å². The van der Waals surface area contributed by atoms with Gasteiger partial charge >= 0.3 is 6.16 Å². The second kappa shape index (κ2) is 4.33. The highest BCUT2D eigenvalue weighted by atomic mass is 16.7. The van der Waals surface area contributed by atoms with E-state index >= 15 is 0 Å². The molecule has 0 spiro atoms. The first-order valence-corrected chi connectivity index (χ1v) is 4.17. The van der Waals surface area contributed by atoms with Gasteiger partial charge in [0, 0.05) is 0 Å². The zero-order valence-corrected chi connectivity index (χ0v) is 8.51. The highest BCUT2D eigenvalue weighted by Crippen LogP contribution is 2.08. The van der Waals surface area contributed by atoms with Crippen molar-refractivity contribution < 1.29 is 14.3 Å². The van der Waals surface area contributed by atoms with Gasteiger partial charge in [-0.2, -0.15) is 0 Å². The van der Waals surface area contributed by atoms with Crippen LogP contribution in [0.15, 0.2) is 0 Å². The van der Waals surface area contributed by atoms with E-state index in [-0.39, 0.29) is 0 Å². The zero-order valence-electron chi connectivity index (χ0n) is 8.51. The van der Waals surface area contributed by atoms with Gasteiger partial charge in [-0.3, -0.25) is 0 Å². The fourth-order valence-electron chi connectivity index (χ4n) is 0.514. The Morgan fingerprint density at radius 1 is 1.33 bits per heavy atom. The molecule has 0 aromatic carbocycles. The fourth-order valence-corrected chi connectivity index (χ4v) is 0.514. The van der Waals surface area contributed by atoms with Gasteiger partial charge < -0.3 is 9.47 Å². The molecule has 0 heterocycles. The predicted molar refractivity (Wildman–Crippen MR) is 47.0 cm³/mol. The summed E-state index contributed by atoms with van der Waals surface area (Å²) in [4.78, 5) is 10.9. The zero-order chi connectivity index (χ0) is 9.78. The van der Waals surface area contributed by atoms with Gasteiger partial charge in [0.2, 0.25) is 0 Å². The molecule has 0 fully saturated rings. The molecule has 0 amide bonds. The van der Waals surface area contributed by atoms with Crippen molar-refractivity contribution in [3.05, 3.63) is 0 Å².